The number of rotatable bonds is 12. The normalized spacial score (nSPS) is 12.5. The molecule has 8 heteroatoms. The van der Waals surface area contributed by atoms with Crippen LogP contribution in [0.15, 0.2) is 10.2 Å². The number of nitrogen functional groups attached to an aromatic ring is 1. The van der Waals surface area contributed by atoms with Crippen molar-refractivity contribution in [3.05, 3.63) is 17.0 Å². The van der Waals surface area contributed by atoms with E-state index in [9.17, 15) is 5.26 Å². The van der Waals surface area contributed by atoms with Crippen LogP contribution in [-0.2, 0) is 23.9 Å². The van der Waals surface area contributed by atoms with Crippen molar-refractivity contribution in [1.82, 2.24) is 19.6 Å². The highest BCUT2D eigenvalue weighted by atomic mass is 15.4. The van der Waals surface area contributed by atoms with E-state index in [-0.39, 0.29) is 10.8 Å². The van der Waals surface area contributed by atoms with Crippen molar-refractivity contribution >= 4 is 17.3 Å². The molecule has 0 spiro atoms. The lowest BCUT2D eigenvalue weighted by Gasteiger charge is -2.15. The molecule has 0 fully saturated rings. The summed E-state index contributed by atoms with van der Waals surface area (Å²) in [4.78, 5) is 0. The Morgan fingerprint density at radius 1 is 0.771 bits per heavy atom. The highest BCUT2D eigenvalue weighted by Crippen LogP contribution is 2.38. The van der Waals surface area contributed by atoms with Gasteiger partial charge in [0.2, 0.25) is 0 Å². The maximum atomic E-state index is 10.0. The molecule has 2 rings (SSSR count). The average molecular weight is 483 g/mol. The van der Waals surface area contributed by atoms with Gasteiger partial charge in [-0.1, -0.05) is 93.9 Å². The molecule has 2 N–H and O–H groups in total. The van der Waals surface area contributed by atoms with Crippen LogP contribution in [0, 0.1) is 11.3 Å². The third-order valence-corrected chi connectivity index (χ3v) is 6.12. The Morgan fingerprint density at radius 2 is 1.29 bits per heavy atom. The number of azo groups is 1. The minimum atomic E-state index is -0.275. The van der Waals surface area contributed by atoms with Crippen molar-refractivity contribution in [3.8, 4) is 6.07 Å². The smallest absolute Gasteiger partial charge is 0.191 e. The first-order valence-electron chi connectivity index (χ1n) is 13.3. The van der Waals surface area contributed by atoms with E-state index >= 15 is 0 Å². The van der Waals surface area contributed by atoms with E-state index in [1.54, 1.807) is 0 Å². The van der Waals surface area contributed by atoms with Crippen LogP contribution in [0.3, 0.4) is 0 Å². The van der Waals surface area contributed by atoms with Gasteiger partial charge in [-0.3, -0.25) is 0 Å². The van der Waals surface area contributed by atoms with Gasteiger partial charge in [0.1, 0.15) is 17.5 Å². The Bertz CT molecular complexity index is 1020. The van der Waals surface area contributed by atoms with E-state index < -0.39 is 0 Å². The Labute approximate surface area is 212 Å². The summed E-state index contributed by atoms with van der Waals surface area (Å²) in [6.07, 6.45) is 9.01. The van der Waals surface area contributed by atoms with E-state index in [0.717, 1.165) is 43.6 Å². The van der Waals surface area contributed by atoms with E-state index in [2.05, 4.69) is 71.7 Å². The molecule has 0 saturated carbocycles. The fourth-order valence-electron chi connectivity index (χ4n) is 4.05. The van der Waals surface area contributed by atoms with Crippen LogP contribution in [0.1, 0.15) is 124 Å². The minimum Gasteiger partial charge on any atom is -0.382 e. The lowest BCUT2D eigenvalue weighted by Crippen LogP contribution is -2.14. The van der Waals surface area contributed by atoms with Gasteiger partial charge in [0.25, 0.3) is 0 Å². The Morgan fingerprint density at radius 3 is 1.77 bits per heavy atom. The second-order valence-electron chi connectivity index (χ2n) is 11.5. The number of aryl methyl sites for hydroxylation is 2. The Kier molecular flexibility index (Phi) is 10.1. The molecular weight excluding hydrogens is 436 g/mol. The lowest BCUT2D eigenvalue weighted by atomic mass is 9.90. The molecule has 0 aliphatic heterocycles. The van der Waals surface area contributed by atoms with E-state index in [4.69, 9.17) is 15.9 Å². The van der Waals surface area contributed by atoms with E-state index in [1.165, 1.54) is 25.7 Å². The Balaban J connectivity index is 2.51. The largest absolute Gasteiger partial charge is 0.382 e. The van der Waals surface area contributed by atoms with Gasteiger partial charge in [0, 0.05) is 23.9 Å². The standard InChI is InChI=1S/C27H46N8/c1-9-11-13-15-17-34-24(29)21(23(33-34)27(6,7)8)30-31-25-20(19-28)22(26(3,4)5)32-35(25)18-16-14-12-10-2/h9-18,29H2,1-8H3. The van der Waals surface area contributed by atoms with Crippen LogP contribution < -0.4 is 5.73 Å². The SMILES string of the molecule is CCCCCCn1nc(C(C)(C)C)c(N=Nc2c(C#N)c(C(C)(C)C)nn2CCCCCC)c1N. The maximum Gasteiger partial charge on any atom is 0.191 e. The van der Waals surface area contributed by atoms with Gasteiger partial charge in [-0.25, -0.2) is 9.36 Å². The first-order valence-corrected chi connectivity index (χ1v) is 13.3. The van der Waals surface area contributed by atoms with Gasteiger partial charge in [-0.2, -0.15) is 15.5 Å². The number of nitriles is 1. The summed E-state index contributed by atoms with van der Waals surface area (Å²) in [5.74, 6) is 1.03. The molecule has 8 nitrogen and oxygen atoms in total. The molecule has 0 unspecified atom stereocenters. The molecular formula is C27H46N8. The van der Waals surface area contributed by atoms with Crippen molar-refractivity contribution in [2.24, 2.45) is 10.2 Å². The van der Waals surface area contributed by atoms with Crippen molar-refractivity contribution in [2.45, 2.75) is 131 Å². The molecule has 0 aliphatic carbocycles. The average Bonchev–Trinajstić information content (AvgIpc) is 3.30. The molecule has 0 bridgehead atoms. The molecule has 0 saturated heterocycles. The van der Waals surface area contributed by atoms with Crippen molar-refractivity contribution < 1.29 is 0 Å². The fraction of sp³-hybridized carbons (Fsp3) is 0.741. The van der Waals surface area contributed by atoms with Crippen LogP contribution in [0.25, 0.3) is 0 Å². The zero-order valence-electron chi connectivity index (χ0n) is 23.3. The lowest BCUT2D eigenvalue weighted by molar-refractivity contribution is 0.508. The topological polar surface area (TPSA) is 110 Å². The molecule has 35 heavy (non-hydrogen) atoms. The fourth-order valence-corrected chi connectivity index (χ4v) is 4.05. The van der Waals surface area contributed by atoms with Gasteiger partial charge in [-0.15, -0.1) is 10.2 Å². The monoisotopic (exact) mass is 482 g/mol. The van der Waals surface area contributed by atoms with Crippen LogP contribution in [0.5, 0.6) is 0 Å². The summed E-state index contributed by atoms with van der Waals surface area (Å²) in [7, 11) is 0. The van der Waals surface area contributed by atoms with Crippen molar-refractivity contribution in [2.75, 3.05) is 5.73 Å². The molecule has 0 aromatic carbocycles. The van der Waals surface area contributed by atoms with Crippen molar-refractivity contribution in [1.29, 1.82) is 5.26 Å². The zero-order valence-corrected chi connectivity index (χ0v) is 23.3. The number of unbranched alkanes of at least 4 members (excludes halogenated alkanes) is 6. The molecule has 2 aromatic rings. The predicted octanol–water partition coefficient (Wildman–Crippen LogP) is 7.70. The predicted molar refractivity (Wildman–Crippen MR) is 143 cm³/mol. The summed E-state index contributed by atoms with van der Waals surface area (Å²) in [5.41, 5.74) is 8.66. The quantitative estimate of drug-likeness (QED) is 0.247. The Hall–Kier alpha value is -2.69. The number of nitrogens with two attached hydrogens (primary N) is 1. The van der Waals surface area contributed by atoms with Crippen LogP contribution in [-0.4, -0.2) is 19.6 Å². The number of hydrogen-bond acceptors (Lipinski definition) is 6. The van der Waals surface area contributed by atoms with Gasteiger partial charge in [0.05, 0.1) is 11.4 Å². The number of hydrogen-bond donors (Lipinski definition) is 1. The van der Waals surface area contributed by atoms with Crippen LogP contribution in [0.4, 0.5) is 17.3 Å². The third kappa shape index (κ3) is 7.39. The zero-order chi connectivity index (χ0) is 26.2. The van der Waals surface area contributed by atoms with Crippen molar-refractivity contribution in [3.63, 3.8) is 0 Å². The van der Waals surface area contributed by atoms with Crippen LogP contribution in [0.2, 0.25) is 0 Å². The highest BCUT2D eigenvalue weighted by Gasteiger charge is 2.29. The number of aromatic nitrogens is 4. The molecule has 0 radical (unpaired) electrons. The van der Waals surface area contributed by atoms with E-state index in [1.807, 2.05) is 9.36 Å². The van der Waals surface area contributed by atoms with Gasteiger partial charge >= 0.3 is 0 Å². The maximum absolute atomic E-state index is 10.0. The molecule has 194 valence electrons. The summed E-state index contributed by atoms with van der Waals surface area (Å²) in [6.45, 7) is 18.4. The van der Waals surface area contributed by atoms with Gasteiger partial charge in [-0.05, 0) is 12.8 Å². The van der Waals surface area contributed by atoms with Gasteiger partial charge < -0.3 is 5.73 Å². The summed E-state index contributed by atoms with van der Waals surface area (Å²) >= 11 is 0. The molecule has 0 atom stereocenters. The molecule has 0 aliphatic rings. The highest BCUT2D eigenvalue weighted by molar-refractivity contribution is 5.63. The minimum absolute atomic E-state index is 0.244. The van der Waals surface area contributed by atoms with Crippen LogP contribution >= 0.6 is 0 Å². The summed E-state index contributed by atoms with van der Waals surface area (Å²) in [5, 5.41) is 28.9. The number of anilines is 1. The number of nitrogens with zero attached hydrogens (tertiary/aromatic N) is 7. The molecule has 2 heterocycles. The summed E-state index contributed by atoms with van der Waals surface area (Å²) < 4.78 is 3.71. The van der Waals surface area contributed by atoms with Gasteiger partial charge in [0.15, 0.2) is 11.5 Å². The first kappa shape index (κ1) is 28.5. The molecule has 0 amide bonds. The summed E-state index contributed by atoms with van der Waals surface area (Å²) in [6, 6.07) is 2.34. The first-order chi connectivity index (χ1) is 16.5. The second-order valence-corrected chi connectivity index (χ2v) is 11.5. The second kappa shape index (κ2) is 12.3. The molecule has 2 aromatic heterocycles. The third-order valence-electron chi connectivity index (χ3n) is 6.12. The van der Waals surface area contributed by atoms with E-state index in [0.29, 0.717) is 29.4 Å².